The standard InChI is InChI=1S/C14H16F6N2/c1-9(22-6-4-21-5-7-22)11-3-2-10(13(15,16)17)8-12(11)14(18,19)20/h2-3,8-9,21H,4-7H2,1H3/t9-/m0/s1. The molecule has 0 bridgehead atoms. The third kappa shape index (κ3) is 3.73. The van der Waals surface area contributed by atoms with Crippen LogP contribution in [0.25, 0.3) is 0 Å². The summed E-state index contributed by atoms with van der Waals surface area (Å²) in [5, 5.41) is 3.08. The Balaban J connectivity index is 2.41. The number of benzene rings is 1. The second-order valence-corrected chi connectivity index (χ2v) is 5.26. The zero-order valence-electron chi connectivity index (χ0n) is 11.9. The van der Waals surface area contributed by atoms with E-state index in [-0.39, 0.29) is 11.6 Å². The van der Waals surface area contributed by atoms with Gasteiger partial charge in [-0.1, -0.05) is 6.07 Å². The number of alkyl halides is 6. The van der Waals surface area contributed by atoms with E-state index in [1.165, 1.54) is 0 Å². The lowest BCUT2D eigenvalue weighted by Crippen LogP contribution is -2.44. The maximum atomic E-state index is 13.1. The number of rotatable bonds is 2. The highest BCUT2D eigenvalue weighted by Gasteiger charge is 2.39. The third-order valence-corrected chi connectivity index (χ3v) is 3.84. The molecule has 0 aromatic heterocycles. The van der Waals surface area contributed by atoms with Crippen LogP contribution in [0.5, 0.6) is 0 Å². The molecule has 22 heavy (non-hydrogen) atoms. The Labute approximate surface area is 124 Å². The van der Waals surface area contributed by atoms with Crippen LogP contribution in [0.3, 0.4) is 0 Å². The van der Waals surface area contributed by atoms with Gasteiger partial charge in [0.15, 0.2) is 0 Å². The topological polar surface area (TPSA) is 15.3 Å². The van der Waals surface area contributed by atoms with Crippen molar-refractivity contribution in [1.29, 1.82) is 0 Å². The van der Waals surface area contributed by atoms with Crippen molar-refractivity contribution in [3.05, 3.63) is 34.9 Å². The summed E-state index contributed by atoms with van der Waals surface area (Å²) < 4.78 is 77.4. The molecule has 2 rings (SSSR count). The highest BCUT2D eigenvalue weighted by Crippen LogP contribution is 2.40. The maximum Gasteiger partial charge on any atom is 0.416 e. The molecule has 1 aromatic rings. The van der Waals surface area contributed by atoms with Crippen LogP contribution >= 0.6 is 0 Å². The van der Waals surface area contributed by atoms with Gasteiger partial charge in [0.1, 0.15) is 0 Å². The van der Waals surface area contributed by atoms with Gasteiger partial charge in [0.05, 0.1) is 11.1 Å². The number of piperazine rings is 1. The molecule has 0 amide bonds. The van der Waals surface area contributed by atoms with Crippen molar-refractivity contribution in [3.63, 3.8) is 0 Å². The predicted octanol–water partition coefficient (Wildman–Crippen LogP) is 3.69. The van der Waals surface area contributed by atoms with Crippen molar-refractivity contribution in [1.82, 2.24) is 10.2 Å². The lowest BCUT2D eigenvalue weighted by atomic mass is 9.96. The molecule has 1 N–H and O–H groups in total. The summed E-state index contributed by atoms with van der Waals surface area (Å²) >= 11 is 0. The molecule has 1 aromatic carbocycles. The fourth-order valence-electron chi connectivity index (χ4n) is 2.61. The molecular formula is C14H16F6N2. The van der Waals surface area contributed by atoms with Crippen molar-refractivity contribution >= 4 is 0 Å². The van der Waals surface area contributed by atoms with Gasteiger partial charge in [0.25, 0.3) is 0 Å². The van der Waals surface area contributed by atoms with Gasteiger partial charge in [-0.2, -0.15) is 26.3 Å². The second-order valence-electron chi connectivity index (χ2n) is 5.26. The van der Waals surface area contributed by atoms with E-state index in [1.54, 1.807) is 6.92 Å². The van der Waals surface area contributed by atoms with E-state index in [1.807, 2.05) is 4.90 Å². The Hall–Kier alpha value is -1.28. The molecule has 2 nitrogen and oxygen atoms in total. The number of hydrogen-bond donors (Lipinski definition) is 1. The molecule has 0 radical (unpaired) electrons. The Bertz CT molecular complexity index is 517. The van der Waals surface area contributed by atoms with Crippen molar-refractivity contribution in [2.24, 2.45) is 0 Å². The van der Waals surface area contributed by atoms with E-state index >= 15 is 0 Å². The summed E-state index contributed by atoms with van der Waals surface area (Å²) in [5.41, 5.74) is -2.62. The SMILES string of the molecule is C[C@@H](c1ccc(C(F)(F)F)cc1C(F)(F)F)N1CCNCC1. The van der Waals surface area contributed by atoms with Crippen LogP contribution in [-0.2, 0) is 12.4 Å². The maximum absolute atomic E-state index is 13.1. The lowest BCUT2D eigenvalue weighted by molar-refractivity contribution is -0.143. The average molecular weight is 326 g/mol. The minimum Gasteiger partial charge on any atom is -0.314 e. The van der Waals surface area contributed by atoms with Crippen LogP contribution in [0.2, 0.25) is 0 Å². The van der Waals surface area contributed by atoms with Crippen LogP contribution in [-0.4, -0.2) is 31.1 Å². The van der Waals surface area contributed by atoms with Crippen LogP contribution in [0, 0.1) is 0 Å². The van der Waals surface area contributed by atoms with Gasteiger partial charge in [-0.15, -0.1) is 0 Å². The number of halogens is 6. The minimum absolute atomic E-state index is 0.123. The number of nitrogens with one attached hydrogen (secondary N) is 1. The fourth-order valence-corrected chi connectivity index (χ4v) is 2.61. The zero-order valence-corrected chi connectivity index (χ0v) is 11.9. The van der Waals surface area contributed by atoms with Gasteiger partial charge in [-0.25, -0.2) is 0 Å². The molecule has 1 aliphatic heterocycles. The largest absolute Gasteiger partial charge is 0.416 e. The van der Waals surface area contributed by atoms with E-state index in [4.69, 9.17) is 0 Å². The molecule has 124 valence electrons. The second kappa shape index (κ2) is 6.08. The lowest BCUT2D eigenvalue weighted by Gasteiger charge is -2.34. The van der Waals surface area contributed by atoms with Crippen molar-refractivity contribution in [2.45, 2.75) is 25.3 Å². The molecule has 0 aliphatic carbocycles. The van der Waals surface area contributed by atoms with Gasteiger partial charge in [0, 0.05) is 32.2 Å². The van der Waals surface area contributed by atoms with E-state index in [0.717, 1.165) is 6.07 Å². The normalized spacial score (nSPS) is 19.2. The summed E-state index contributed by atoms with van der Waals surface area (Å²) in [5.74, 6) is 0. The molecule has 1 fully saturated rings. The quantitative estimate of drug-likeness (QED) is 0.834. The summed E-state index contributed by atoms with van der Waals surface area (Å²) in [4.78, 5) is 1.83. The first kappa shape index (κ1) is 17.1. The Kier molecular flexibility index (Phi) is 4.72. The van der Waals surface area contributed by atoms with Gasteiger partial charge >= 0.3 is 12.4 Å². The predicted molar refractivity (Wildman–Crippen MR) is 69.3 cm³/mol. The van der Waals surface area contributed by atoms with Crippen molar-refractivity contribution in [3.8, 4) is 0 Å². The van der Waals surface area contributed by atoms with Crippen LogP contribution in [0.15, 0.2) is 18.2 Å². The number of hydrogen-bond acceptors (Lipinski definition) is 2. The van der Waals surface area contributed by atoms with Crippen LogP contribution in [0.1, 0.15) is 29.7 Å². The zero-order chi connectivity index (χ0) is 16.5. The Morgan fingerprint density at radius 3 is 2.09 bits per heavy atom. The van der Waals surface area contributed by atoms with E-state index in [0.29, 0.717) is 32.2 Å². The van der Waals surface area contributed by atoms with Gasteiger partial charge < -0.3 is 5.32 Å². The number of nitrogens with zero attached hydrogens (tertiary/aromatic N) is 1. The summed E-state index contributed by atoms with van der Waals surface area (Å²) in [6.45, 7) is 3.99. The summed E-state index contributed by atoms with van der Waals surface area (Å²) in [6, 6.07) is 1.26. The van der Waals surface area contributed by atoms with Crippen LogP contribution in [0.4, 0.5) is 26.3 Å². The highest BCUT2D eigenvalue weighted by molar-refractivity contribution is 5.37. The van der Waals surface area contributed by atoms with E-state index < -0.39 is 29.5 Å². The van der Waals surface area contributed by atoms with E-state index in [9.17, 15) is 26.3 Å². The molecule has 8 heteroatoms. The van der Waals surface area contributed by atoms with Crippen LogP contribution < -0.4 is 5.32 Å². The minimum atomic E-state index is -4.82. The molecule has 0 saturated carbocycles. The highest BCUT2D eigenvalue weighted by atomic mass is 19.4. The Morgan fingerprint density at radius 2 is 1.59 bits per heavy atom. The molecule has 1 aliphatic rings. The summed E-state index contributed by atoms with van der Waals surface area (Å²) in [6.07, 6.45) is -9.62. The van der Waals surface area contributed by atoms with Crippen molar-refractivity contribution in [2.75, 3.05) is 26.2 Å². The summed E-state index contributed by atoms with van der Waals surface area (Å²) in [7, 11) is 0. The molecule has 0 spiro atoms. The smallest absolute Gasteiger partial charge is 0.314 e. The molecular weight excluding hydrogens is 310 g/mol. The third-order valence-electron chi connectivity index (χ3n) is 3.84. The molecule has 1 heterocycles. The Morgan fingerprint density at radius 1 is 1.00 bits per heavy atom. The van der Waals surface area contributed by atoms with Gasteiger partial charge in [-0.05, 0) is 24.6 Å². The first-order valence-corrected chi connectivity index (χ1v) is 6.84. The van der Waals surface area contributed by atoms with Gasteiger partial charge in [0.2, 0.25) is 0 Å². The van der Waals surface area contributed by atoms with Gasteiger partial charge in [-0.3, -0.25) is 4.90 Å². The fraction of sp³-hybridized carbons (Fsp3) is 0.571. The molecule has 0 unspecified atom stereocenters. The first-order chi connectivity index (χ1) is 10.1. The monoisotopic (exact) mass is 326 g/mol. The van der Waals surface area contributed by atoms with E-state index in [2.05, 4.69) is 5.32 Å². The first-order valence-electron chi connectivity index (χ1n) is 6.84. The van der Waals surface area contributed by atoms with Crippen molar-refractivity contribution < 1.29 is 26.3 Å². The molecule has 1 saturated heterocycles. The average Bonchev–Trinajstić information content (AvgIpc) is 2.45. The molecule has 1 atom stereocenters.